The van der Waals surface area contributed by atoms with Gasteiger partial charge in [-0.15, -0.1) is 0 Å². The molecule has 4 N–H and O–H groups in total. The summed E-state index contributed by atoms with van der Waals surface area (Å²) in [5.74, 6) is 0.301. The monoisotopic (exact) mass is 309 g/mol. The average Bonchev–Trinajstić information content (AvgIpc) is 2.49. The number of halogens is 1. The zero-order valence-corrected chi connectivity index (χ0v) is 13.1. The number of amides is 1. The maximum absolute atomic E-state index is 10.7. The minimum absolute atomic E-state index is 0.252. The second kappa shape index (κ2) is 8.37. The third-order valence-electron chi connectivity index (χ3n) is 3.99. The molecule has 1 aromatic carbocycles. The molecule has 1 amide bonds. The molecular formula is C16H24ClN3O. The standard InChI is InChI=1S/C16H24ClN3O/c17-14-4-3-12(2-1-7-20-11-16(18)21)15(10-14)13-5-8-19-9-6-13/h3-4,10,13,19-20H,1-2,5-9,11H2,(H2,18,21). The summed E-state index contributed by atoms with van der Waals surface area (Å²) in [4.78, 5) is 10.7. The van der Waals surface area contributed by atoms with Gasteiger partial charge in [-0.3, -0.25) is 4.79 Å². The molecule has 1 saturated heterocycles. The Balaban J connectivity index is 1.93. The van der Waals surface area contributed by atoms with E-state index in [1.807, 2.05) is 6.07 Å². The van der Waals surface area contributed by atoms with Crippen LogP contribution >= 0.6 is 11.6 Å². The van der Waals surface area contributed by atoms with Gasteiger partial charge < -0.3 is 16.4 Å². The second-order valence-corrected chi connectivity index (χ2v) is 6.05. The van der Waals surface area contributed by atoms with Crippen LogP contribution in [0.25, 0.3) is 0 Å². The molecule has 1 aliphatic rings. The Bertz CT molecular complexity index is 473. The lowest BCUT2D eigenvalue weighted by molar-refractivity contribution is -0.117. The summed E-state index contributed by atoms with van der Waals surface area (Å²) in [5.41, 5.74) is 7.89. The van der Waals surface area contributed by atoms with E-state index < -0.39 is 0 Å². The molecule has 1 heterocycles. The van der Waals surface area contributed by atoms with Gasteiger partial charge in [-0.25, -0.2) is 0 Å². The fourth-order valence-electron chi connectivity index (χ4n) is 2.92. The molecule has 116 valence electrons. The Morgan fingerprint density at radius 2 is 2.14 bits per heavy atom. The summed E-state index contributed by atoms with van der Waals surface area (Å²) >= 11 is 6.18. The summed E-state index contributed by atoms with van der Waals surface area (Å²) < 4.78 is 0. The molecule has 1 aliphatic heterocycles. The van der Waals surface area contributed by atoms with Crippen molar-refractivity contribution < 1.29 is 4.79 Å². The molecule has 0 bridgehead atoms. The number of carbonyl (C=O) groups is 1. The van der Waals surface area contributed by atoms with Gasteiger partial charge in [0.2, 0.25) is 5.91 Å². The van der Waals surface area contributed by atoms with Gasteiger partial charge in [0.1, 0.15) is 0 Å². The van der Waals surface area contributed by atoms with Crippen LogP contribution in [-0.4, -0.2) is 32.1 Å². The number of rotatable bonds is 7. The third-order valence-corrected chi connectivity index (χ3v) is 4.22. The number of carbonyl (C=O) groups excluding carboxylic acids is 1. The van der Waals surface area contributed by atoms with Crippen molar-refractivity contribution in [3.8, 4) is 0 Å². The summed E-state index contributed by atoms with van der Waals surface area (Å²) in [5, 5.41) is 7.28. The lowest BCUT2D eigenvalue weighted by atomic mass is 9.86. The highest BCUT2D eigenvalue weighted by atomic mass is 35.5. The van der Waals surface area contributed by atoms with Crippen molar-refractivity contribution >= 4 is 17.5 Å². The van der Waals surface area contributed by atoms with E-state index in [1.54, 1.807) is 0 Å². The number of primary amides is 1. The first-order chi connectivity index (χ1) is 10.2. The van der Waals surface area contributed by atoms with Crippen LogP contribution in [-0.2, 0) is 11.2 Å². The maximum Gasteiger partial charge on any atom is 0.231 e. The van der Waals surface area contributed by atoms with Crippen molar-refractivity contribution in [1.29, 1.82) is 0 Å². The Kier molecular flexibility index (Phi) is 6.49. The molecule has 0 saturated carbocycles. The van der Waals surface area contributed by atoms with Gasteiger partial charge in [0, 0.05) is 5.02 Å². The number of nitrogens with one attached hydrogen (secondary N) is 2. The molecule has 2 rings (SSSR count). The van der Waals surface area contributed by atoms with E-state index in [0.29, 0.717) is 5.92 Å². The van der Waals surface area contributed by atoms with E-state index >= 15 is 0 Å². The van der Waals surface area contributed by atoms with Crippen LogP contribution in [0, 0.1) is 0 Å². The van der Waals surface area contributed by atoms with Gasteiger partial charge in [0.25, 0.3) is 0 Å². The minimum Gasteiger partial charge on any atom is -0.369 e. The van der Waals surface area contributed by atoms with Crippen LogP contribution < -0.4 is 16.4 Å². The smallest absolute Gasteiger partial charge is 0.231 e. The van der Waals surface area contributed by atoms with E-state index in [-0.39, 0.29) is 12.5 Å². The predicted molar refractivity (Wildman–Crippen MR) is 86.7 cm³/mol. The van der Waals surface area contributed by atoms with Crippen LogP contribution in [0.4, 0.5) is 0 Å². The third kappa shape index (κ3) is 5.30. The fourth-order valence-corrected chi connectivity index (χ4v) is 3.10. The first kappa shape index (κ1) is 16.3. The van der Waals surface area contributed by atoms with Crippen LogP contribution in [0.5, 0.6) is 0 Å². The molecule has 1 fully saturated rings. The SMILES string of the molecule is NC(=O)CNCCCc1ccc(Cl)cc1C1CCNCC1. The average molecular weight is 310 g/mol. The highest BCUT2D eigenvalue weighted by Crippen LogP contribution is 2.30. The summed E-state index contributed by atoms with van der Waals surface area (Å²) in [6.07, 6.45) is 4.34. The lowest BCUT2D eigenvalue weighted by Crippen LogP contribution is -2.29. The van der Waals surface area contributed by atoms with Gasteiger partial charge in [-0.05, 0) is 74.5 Å². The zero-order chi connectivity index (χ0) is 15.1. The van der Waals surface area contributed by atoms with Crippen LogP contribution in [0.1, 0.15) is 36.3 Å². The van der Waals surface area contributed by atoms with Crippen molar-refractivity contribution in [3.63, 3.8) is 0 Å². The molecule has 0 atom stereocenters. The quantitative estimate of drug-likeness (QED) is 0.673. The summed E-state index contributed by atoms with van der Waals surface area (Å²) in [6.45, 7) is 3.21. The van der Waals surface area contributed by atoms with Crippen LogP contribution in [0.15, 0.2) is 18.2 Å². The van der Waals surface area contributed by atoms with E-state index in [9.17, 15) is 4.79 Å². The Labute approximate surface area is 131 Å². The second-order valence-electron chi connectivity index (χ2n) is 5.61. The molecule has 0 aliphatic carbocycles. The minimum atomic E-state index is -0.308. The summed E-state index contributed by atoms with van der Waals surface area (Å²) in [6, 6.07) is 6.25. The highest BCUT2D eigenvalue weighted by molar-refractivity contribution is 6.30. The number of hydrogen-bond acceptors (Lipinski definition) is 3. The van der Waals surface area contributed by atoms with Gasteiger partial charge in [0.15, 0.2) is 0 Å². The maximum atomic E-state index is 10.7. The first-order valence-corrected chi connectivity index (χ1v) is 8.02. The number of benzene rings is 1. The van der Waals surface area contributed by atoms with Crippen molar-refractivity contribution in [1.82, 2.24) is 10.6 Å². The molecule has 4 nitrogen and oxygen atoms in total. The molecule has 0 unspecified atom stereocenters. The van der Waals surface area contributed by atoms with Crippen LogP contribution in [0.2, 0.25) is 5.02 Å². The van der Waals surface area contributed by atoms with E-state index in [4.69, 9.17) is 17.3 Å². The first-order valence-electron chi connectivity index (χ1n) is 7.65. The molecule has 1 aromatic rings. The number of piperidine rings is 1. The molecule has 0 aromatic heterocycles. The summed E-state index contributed by atoms with van der Waals surface area (Å²) in [7, 11) is 0. The lowest BCUT2D eigenvalue weighted by Gasteiger charge is -2.25. The van der Waals surface area contributed by atoms with Crippen LogP contribution in [0.3, 0.4) is 0 Å². The van der Waals surface area contributed by atoms with E-state index in [2.05, 4.69) is 22.8 Å². The van der Waals surface area contributed by atoms with Crippen molar-refractivity contribution in [2.75, 3.05) is 26.2 Å². The number of aryl methyl sites for hydroxylation is 1. The largest absolute Gasteiger partial charge is 0.369 e. The van der Waals surface area contributed by atoms with E-state index in [1.165, 1.54) is 24.0 Å². The fraction of sp³-hybridized carbons (Fsp3) is 0.562. The van der Waals surface area contributed by atoms with Gasteiger partial charge in [-0.2, -0.15) is 0 Å². The van der Waals surface area contributed by atoms with Gasteiger partial charge in [-0.1, -0.05) is 17.7 Å². The number of nitrogens with two attached hydrogens (primary N) is 1. The molecule has 21 heavy (non-hydrogen) atoms. The highest BCUT2D eigenvalue weighted by Gasteiger charge is 2.18. The van der Waals surface area contributed by atoms with Crippen molar-refractivity contribution in [2.45, 2.75) is 31.6 Å². The Hall–Kier alpha value is -1.10. The van der Waals surface area contributed by atoms with Crippen molar-refractivity contribution in [3.05, 3.63) is 34.3 Å². The molecule has 0 radical (unpaired) electrons. The van der Waals surface area contributed by atoms with Gasteiger partial charge >= 0.3 is 0 Å². The number of hydrogen-bond donors (Lipinski definition) is 3. The Morgan fingerprint density at radius 1 is 1.38 bits per heavy atom. The topological polar surface area (TPSA) is 67.2 Å². The zero-order valence-electron chi connectivity index (χ0n) is 12.3. The molecule has 0 spiro atoms. The molecular weight excluding hydrogens is 286 g/mol. The van der Waals surface area contributed by atoms with Crippen molar-refractivity contribution in [2.24, 2.45) is 5.73 Å². The molecule has 5 heteroatoms. The van der Waals surface area contributed by atoms with E-state index in [0.717, 1.165) is 37.5 Å². The van der Waals surface area contributed by atoms with Gasteiger partial charge in [0.05, 0.1) is 6.54 Å². The predicted octanol–water partition coefficient (Wildman–Crippen LogP) is 1.81. The Morgan fingerprint density at radius 3 is 2.86 bits per heavy atom. The normalized spacial score (nSPS) is 16.0.